The maximum Gasteiger partial charge on any atom is 0.133 e. The van der Waals surface area contributed by atoms with Gasteiger partial charge >= 0.3 is 0 Å². The van der Waals surface area contributed by atoms with Crippen molar-refractivity contribution in [3.05, 3.63) is 0 Å². The van der Waals surface area contributed by atoms with Gasteiger partial charge in [0.1, 0.15) is 5.78 Å². The highest BCUT2D eigenvalue weighted by Crippen LogP contribution is 2.29. The fraction of sp³-hybridized carbons (Fsp3) is 0.909. The summed E-state index contributed by atoms with van der Waals surface area (Å²) in [6, 6.07) is 0. The van der Waals surface area contributed by atoms with E-state index in [9.17, 15) is 4.79 Å². The highest BCUT2D eigenvalue weighted by Gasteiger charge is 2.16. The minimum atomic E-state index is 0.256. The third-order valence-corrected chi connectivity index (χ3v) is 4.46. The predicted octanol–water partition coefficient (Wildman–Crippen LogP) is 3.28. The van der Waals surface area contributed by atoms with Crippen LogP contribution in [0.1, 0.15) is 46.0 Å². The Hall–Kier alpha value is 0.0200. The van der Waals surface area contributed by atoms with Crippen LogP contribution in [0.15, 0.2) is 0 Å². The fourth-order valence-corrected chi connectivity index (χ4v) is 3.09. The maximum atomic E-state index is 11.0. The Bertz CT molecular complexity index is 161. The van der Waals surface area contributed by atoms with E-state index in [0.717, 1.165) is 11.0 Å². The third kappa shape index (κ3) is 4.17. The summed E-state index contributed by atoms with van der Waals surface area (Å²) in [4.78, 5) is 11.0. The molecule has 0 saturated heterocycles. The van der Waals surface area contributed by atoms with E-state index in [1.54, 1.807) is 6.92 Å². The van der Waals surface area contributed by atoms with Gasteiger partial charge in [0, 0.05) is 16.9 Å². The summed E-state index contributed by atoms with van der Waals surface area (Å²) in [6.07, 6.45) is 6.95. The van der Waals surface area contributed by atoms with Gasteiger partial charge in [-0.1, -0.05) is 26.2 Å². The molecule has 0 aromatic rings. The SMILES string of the molecule is CC(=O)C(C)CSC1CCCCC1. The van der Waals surface area contributed by atoms with Crippen LogP contribution < -0.4 is 0 Å². The molecule has 0 aromatic carbocycles. The molecule has 0 amide bonds. The van der Waals surface area contributed by atoms with Crippen LogP contribution >= 0.6 is 11.8 Å². The second-order valence-electron chi connectivity index (χ2n) is 4.11. The van der Waals surface area contributed by atoms with Crippen LogP contribution in [0, 0.1) is 5.92 Å². The lowest BCUT2D eigenvalue weighted by molar-refractivity contribution is -0.119. The van der Waals surface area contributed by atoms with E-state index in [0.29, 0.717) is 5.78 Å². The van der Waals surface area contributed by atoms with Crippen molar-refractivity contribution in [2.45, 2.75) is 51.2 Å². The first-order valence-corrected chi connectivity index (χ1v) is 6.37. The largest absolute Gasteiger partial charge is 0.300 e. The molecule has 76 valence electrons. The molecule has 1 nitrogen and oxygen atoms in total. The third-order valence-electron chi connectivity index (χ3n) is 2.83. The van der Waals surface area contributed by atoms with Gasteiger partial charge in [-0.3, -0.25) is 4.79 Å². The van der Waals surface area contributed by atoms with Crippen molar-refractivity contribution in [3.63, 3.8) is 0 Å². The summed E-state index contributed by atoms with van der Waals surface area (Å²) >= 11 is 2.01. The first kappa shape index (κ1) is 11.1. The van der Waals surface area contributed by atoms with E-state index in [1.165, 1.54) is 32.1 Å². The molecule has 1 aliphatic rings. The van der Waals surface area contributed by atoms with Crippen LogP contribution in [0.25, 0.3) is 0 Å². The van der Waals surface area contributed by atoms with Gasteiger partial charge in [-0.2, -0.15) is 11.8 Å². The van der Waals surface area contributed by atoms with Crippen LogP contribution in [0.5, 0.6) is 0 Å². The second kappa shape index (κ2) is 5.69. The van der Waals surface area contributed by atoms with E-state index in [-0.39, 0.29) is 5.92 Å². The lowest BCUT2D eigenvalue weighted by Gasteiger charge is -2.21. The van der Waals surface area contributed by atoms with E-state index >= 15 is 0 Å². The summed E-state index contributed by atoms with van der Waals surface area (Å²) in [6.45, 7) is 3.74. The molecular formula is C11H20OS. The van der Waals surface area contributed by atoms with Gasteiger partial charge in [-0.25, -0.2) is 0 Å². The molecule has 1 unspecified atom stereocenters. The summed E-state index contributed by atoms with van der Waals surface area (Å²) in [5, 5.41) is 0.843. The summed E-state index contributed by atoms with van der Waals surface area (Å²) in [7, 11) is 0. The van der Waals surface area contributed by atoms with Crippen molar-refractivity contribution in [1.29, 1.82) is 0 Å². The molecular weight excluding hydrogens is 180 g/mol. The molecule has 0 bridgehead atoms. The van der Waals surface area contributed by atoms with Gasteiger partial charge in [0.05, 0.1) is 0 Å². The van der Waals surface area contributed by atoms with E-state index in [1.807, 2.05) is 18.7 Å². The molecule has 2 heteroatoms. The molecule has 1 rings (SSSR count). The van der Waals surface area contributed by atoms with Crippen LogP contribution in [-0.4, -0.2) is 16.8 Å². The van der Waals surface area contributed by atoms with Crippen LogP contribution in [0.4, 0.5) is 0 Å². The van der Waals surface area contributed by atoms with Crippen LogP contribution in [0.2, 0.25) is 0 Å². The zero-order valence-electron chi connectivity index (χ0n) is 8.71. The summed E-state index contributed by atoms with van der Waals surface area (Å²) in [5.74, 6) is 1.62. The summed E-state index contributed by atoms with van der Waals surface area (Å²) < 4.78 is 0. The molecule has 1 aliphatic carbocycles. The number of hydrogen-bond acceptors (Lipinski definition) is 2. The second-order valence-corrected chi connectivity index (χ2v) is 5.44. The number of hydrogen-bond donors (Lipinski definition) is 0. The number of carbonyl (C=O) groups excluding carboxylic acids is 1. The topological polar surface area (TPSA) is 17.1 Å². The molecule has 0 aliphatic heterocycles. The highest BCUT2D eigenvalue weighted by atomic mass is 32.2. The standard InChI is InChI=1S/C11H20OS/c1-9(10(2)12)8-13-11-6-4-3-5-7-11/h9,11H,3-8H2,1-2H3. The number of Topliss-reactive ketones (excluding diaryl/α,β-unsaturated/α-hetero) is 1. The Balaban J connectivity index is 2.13. The number of ketones is 1. The highest BCUT2D eigenvalue weighted by molar-refractivity contribution is 7.99. The molecule has 0 N–H and O–H groups in total. The smallest absolute Gasteiger partial charge is 0.133 e. The lowest BCUT2D eigenvalue weighted by Crippen LogP contribution is -2.14. The molecule has 13 heavy (non-hydrogen) atoms. The Morgan fingerprint density at radius 1 is 1.38 bits per heavy atom. The summed E-state index contributed by atoms with van der Waals surface area (Å²) in [5.41, 5.74) is 0. The average molecular weight is 200 g/mol. The minimum Gasteiger partial charge on any atom is -0.300 e. The van der Waals surface area contributed by atoms with Crippen molar-refractivity contribution < 1.29 is 4.79 Å². The number of carbonyl (C=O) groups is 1. The van der Waals surface area contributed by atoms with E-state index < -0.39 is 0 Å². The normalized spacial score (nSPS) is 21.4. The molecule has 0 spiro atoms. The first-order chi connectivity index (χ1) is 6.20. The monoisotopic (exact) mass is 200 g/mol. The first-order valence-electron chi connectivity index (χ1n) is 5.32. The minimum absolute atomic E-state index is 0.256. The molecule has 0 aromatic heterocycles. The average Bonchev–Trinajstić information content (AvgIpc) is 2.15. The van der Waals surface area contributed by atoms with E-state index in [2.05, 4.69) is 0 Å². The van der Waals surface area contributed by atoms with E-state index in [4.69, 9.17) is 0 Å². The van der Waals surface area contributed by atoms with Gasteiger partial charge in [0.25, 0.3) is 0 Å². The Morgan fingerprint density at radius 3 is 2.54 bits per heavy atom. The van der Waals surface area contributed by atoms with Crippen LogP contribution in [0.3, 0.4) is 0 Å². The molecule has 1 fully saturated rings. The Morgan fingerprint density at radius 2 is 2.00 bits per heavy atom. The van der Waals surface area contributed by atoms with Gasteiger partial charge in [0.15, 0.2) is 0 Å². The van der Waals surface area contributed by atoms with Crippen molar-refractivity contribution >= 4 is 17.5 Å². The Kier molecular flexibility index (Phi) is 4.86. The van der Waals surface area contributed by atoms with Crippen molar-refractivity contribution in [2.24, 2.45) is 5.92 Å². The number of rotatable bonds is 4. The van der Waals surface area contributed by atoms with Gasteiger partial charge in [0.2, 0.25) is 0 Å². The molecule has 1 saturated carbocycles. The van der Waals surface area contributed by atoms with Gasteiger partial charge in [-0.15, -0.1) is 0 Å². The van der Waals surface area contributed by atoms with Crippen molar-refractivity contribution in [3.8, 4) is 0 Å². The van der Waals surface area contributed by atoms with Crippen molar-refractivity contribution in [1.82, 2.24) is 0 Å². The maximum absolute atomic E-state index is 11.0. The Labute approximate surface area is 85.7 Å². The quantitative estimate of drug-likeness (QED) is 0.693. The zero-order chi connectivity index (χ0) is 9.68. The van der Waals surface area contributed by atoms with Crippen LogP contribution in [-0.2, 0) is 4.79 Å². The lowest BCUT2D eigenvalue weighted by atomic mass is 10.0. The number of thioether (sulfide) groups is 1. The molecule has 1 atom stereocenters. The van der Waals surface area contributed by atoms with Gasteiger partial charge < -0.3 is 0 Å². The van der Waals surface area contributed by atoms with Crippen molar-refractivity contribution in [2.75, 3.05) is 5.75 Å². The molecule has 0 heterocycles. The van der Waals surface area contributed by atoms with Gasteiger partial charge in [-0.05, 0) is 19.8 Å². The fourth-order valence-electron chi connectivity index (χ4n) is 1.63. The zero-order valence-corrected chi connectivity index (χ0v) is 9.53. The predicted molar refractivity (Wildman–Crippen MR) is 59.2 cm³/mol. The molecule has 0 radical (unpaired) electrons.